The number of piperidine rings is 1. The first kappa shape index (κ1) is 21.5. The molecule has 0 saturated carbocycles. The molecule has 2 aliphatic rings. The molecule has 5 nitrogen and oxygen atoms in total. The highest BCUT2D eigenvalue weighted by Crippen LogP contribution is 2.44. The molecular formula is C21H30ClN3O2S. The number of halogens is 1. The zero-order valence-corrected chi connectivity index (χ0v) is 18.3. The minimum Gasteiger partial charge on any atom is -0.353 e. The molecule has 7 heteroatoms. The quantitative estimate of drug-likeness (QED) is 0.760. The van der Waals surface area contributed by atoms with E-state index >= 15 is 0 Å². The lowest BCUT2D eigenvalue weighted by atomic mass is 10.1. The van der Waals surface area contributed by atoms with Crippen LogP contribution >= 0.6 is 23.4 Å². The average molecular weight is 424 g/mol. The van der Waals surface area contributed by atoms with E-state index in [9.17, 15) is 9.59 Å². The van der Waals surface area contributed by atoms with Gasteiger partial charge in [-0.05, 0) is 32.0 Å². The van der Waals surface area contributed by atoms with Crippen LogP contribution in [-0.4, -0.2) is 59.6 Å². The lowest BCUT2D eigenvalue weighted by Crippen LogP contribution is -2.50. The molecule has 2 unspecified atom stereocenters. The standard InChI is InChI=1S/C21H30ClN3O2S/c1-15(2)20(27)25-18(14-28-21(25)16-8-4-5-9-17(16)22)19(26)23-10-13-24-11-6-3-7-12-24/h4-5,8-9,15,18,21H,3,6-7,10-14H2,1-2H3,(H,23,26). The van der Waals surface area contributed by atoms with Gasteiger partial charge in [-0.3, -0.25) is 9.59 Å². The molecule has 154 valence electrons. The van der Waals surface area contributed by atoms with Crippen molar-refractivity contribution < 1.29 is 9.59 Å². The molecule has 2 heterocycles. The molecule has 1 aromatic carbocycles. The number of thioether (sulfide) groups is 1. The van der Waals surface area contributed by atoms with Crippen LogP contribution in [-0.2, 0) is 9.59 Å². The van der Waals surface area contributed by atoms with Crippen molar-refractivity contribution in [2.24, 2.45) is 5.92 Å². The van der Waals surface area contributed by atoms with Crippen LogP contribution in [0.15, 0.2) is 24.3 Å². The smallest absolute Gasteiger partial charge is 0.243 e. The van der Waals surface area contributed by atoms with Gasteiger partial charge in [0.05, 0.1) is 0 Å². The van der Waals surface area contributed by atoms with Gasteiger partial charge in [0, 0.05) is 35.3 Å². The van der Waals surface area contributed by atoms with Crippen molar-refractivity contribution in [2.45, 2.75) is 44.5 Å². The molecule has 2 atom stereocenters. The maximum atomic E-state index is 13.0. The Labute approximate surface area is 177 Å². The van der Waals surface area contributed by atoms with E-state index in [2.05, 4.69) is 10.2 Å². The van der Waals surface area contributed by atoms with Gasteiger partial charge in [-0.25, -0.2) is 0 Å². The predicted molar refractivity (Wildman–Crippen MR) is 115 cm³/mol. The van der Waals surface area contributed by atoms with Crippen LogP contribution in [0.25, 0.3) is 0 Å². The Bertz CT molecular complexity index is 694. The van der Waals surface area contributed by atoms with Gasteiger partial charge in [0.15, 0.2) is 0 Å². The van der Waals surface area contributed by atoms with Gasteiger partial charge in [0.2, 0.25) is 11.8 Å². The van der Waals surface area contributed by atoms with Crippen LogP contribution in [0.5, 0.6) is 0 Å². The van der Waals surface area contributed by atoms with Gasteiger partial charge in [0.25, 0.3) is 0 Å². The number of rotatable bonds is 6. The summed E-state index contributed by atoms with van der Waals surface area (Å²) >= 11 is 8.00. The Morgan fingerprint density at radius 1 is 1.21 bits per heavy atom. The second-order valence-corrected chi connectivity index (χ2v) is 9.34. The topological polar surface area (TPSA) is 52.7 Å². The van der Waals surface area contributed by atoms with Crippen molar-refractivity contribution in [2.75, 3.05) is 31.9 Å². The van der Waals surface area contributed by atoms with E-state index in [1.165, 1.54) is 19.3 Å². The second kappa shape index (κ2) is 9.99. The molecule has 0 aliphatic carbocycles. The lowest BCUT2D eigenvalue weighted by molar-refractivity contribution is -0.142. The van der Waals surface area contributed by atoms with Gasteiger partial charge in [-0.1, -0.05) is 50.1 Å². The van der Waals surface area contributed by atoms with Crippen LogP contribution in [0.3, 0.4) is 0 Å². The summed E-state index contributed by atoms with van der Waals surface area (Å²) in [5.41, 5.74) is 0.895. The minimum atomic E-state index is -0.456. The van der Waals surface area contributed by atoms with E-state index in [1.807, 2.05) is 38.1 Å². The molecule has 1 N–H and O–H groups in total. The number of hydrogen-bond acceptors (Lipinski definition) is 4. The summed E-state index contributed by atoms with van der Waals surface area (Å²) in [6, 6.07) is 7.12. The number of carbonyl (C=O) groups excluding carboxylic acids is 2. The first-order chi connectivity index (χ1) is 13.5. The molecule has 2 saturated heterocycles. The SMILES string of the molecule is CC(C)C(=O)N1C(C(=O)NCCN2CCCCC2)CSC1c1ccccc1Cl. The fraction of sp³-hybridized carbons (Fsp3) is 0.619. The monoisotopic (exact) mass is 423 g/mol. The van der Waals surface area contributed by atoms with Crippen molar-refractivity contribution in [1.29, 1.82) is 0 Å². The van der Waals surface area contributed by atoms with E-state index in [0.29, 0.717) is 17.3 Å². The van der Waals surface area contributed by atoms with Crippen LogP contribution in [0.2, 0.25) is 5.02 Å². The molecule has 28 heavy (non-hydrogen) atoms. The van der Waals surface area contributed by atoms with Crippen molar-refractivity contribution in [3.8, 4) is 0 Å². The minimum absolute atomic E-state index is 0.00824. The van der Waals surface area contributed by atoms with E-state index in [1.54, 1.807) is 16.7 Å². The fourth-order valence-corrected chi connectivity index (χ4v) is 5.61. The number of likely N-dealkylation sites (tertiary alicyclic amines) is 1. The molecule has 0 bridgehead atoms. The first-order valence-electron chi connectivity index (χ1n) is 10.2. The summed E-state index contributed by atoms with van der Waals surface area (Å²) in [4.78, 5) is 30.0. The Balaban J connectivity index is 1.67. The third-order valence-corrected chi connectivity index (χ3v) is 7.05. The summed E-state index contributed by atoms with van der Waals surface area (Å²) in [5.74, 6) is 0.343. The highest BCUT2D eigenvalue weighted by atomic mass is 35.5. The third-order valence-electron chi connectivity index (χ3n) is 5.40. The van der Waals surface area contributed by atoms with E-state index in [-0.39, 0.29) is 23.1 Å². The summed E-state index contributed by atoms with van der Waals surface area (Å²) in [7, 11) is 0. The number of amides is 2. The molecule has 2 aliphatic heterocycles. The summed E-state index contributed by atoms with van der Waals surface area (Å²) in [6.07, 6.45) is 3.78. The number of nitrogens with zero attached hydrogens (tertiary/aromatic N) is 2. The Morgan fingerprint density at radius 2 is 1.93 bits per heavy atom. The number of benzene rings is 1. The van der Waals surface area contributed by atoms with Crippen LogP contribution in [0.4, 0.5) is 0 Å². The zero-order chi connectivity index (χ0) is 20.1. The van der Waals surface area contributed by atoms with Gasteiger partial charge in [-0.2, -0.15) is 0 Å². The summed E-state index contributed by atoms with van der Waals surface area (Å²) in [5, 5.41) is 3.47. The van der Waals surface area contributed by atoms with Gasteiger partial charge < -0.3 is 15.1 Å². The largest absolute Gasteiger partial charge is 0.353 e. The van der Waals surface area contributed by atoms with Crippen molar-refractivity contribution in [1.82, 2.24) is 15.1 Å². The molecule has 0 aromatic heterocycles. The molecule has 3 rings (SSSR count). The maximum Gasteiger partial charge on any atom is 0.243 e. The fourth-order valence-electron chi connectivity index (χ4n) is 3.83. The summed E-state index contributed by atoms with van der Waals surface area (Å²) in [6.45, 7) is 7.47. The van der Waals surface area contributed by atoms with Crippen LogP contribution in [0.1, 0.15) is 44.0 Å². The number of nitrogens with one attached hydrogen (secondary N) is 1. The van der Waals surface area contributed by atoms with E-state index in [4.69, 9.17) is 11.6 Å². The highest BCUT2D eigenvalue weighted by molar-refractivity contribution is 7.99. The van der Waals surface area contributed by atoms with Gasteiger partial charge in [-0.15, -0.1) is 11.8 Å². The second-order valence-electron chi connectivity index (χ2n) is 7.82. The average Bonchev–Trinajstić information content (AvgIpc) is 3.13. The lowest BCUT2D eigenvalue weighted by Gasteiger charge is -2.31. The van der Waals surface area contributed by atoms with Crippen molar-refractivity contribution >= 4 is 35.2 Å². The van der Waals surface area contributed by atoms with Crippen molar-refractivity contribution in [3.63, 3.8) is 0 Å². The van der Waals surface area contributed by atoms with E-state index < -0.39 is 6.04 Å². The zero-order valence-electron chi connectivity index (χ0n) is 16.7. The Kier molecular flexibility index (Phi) is 7.66. The summed E-state index contributed by atoms with van der Waals surface area (Å²) < 4.78 is 0. The molecular weight excluding hydrogens is 394 g/mol. The molecule has 1 aromatic rings. The normalized spacial score (nSPS) is 23.2. The van der Waals surface area contributed by atoms with Crippen LogP contribution < -0.4 is 5.32 Å². The van der Waals surface area contributed by atoms with E-state index in [0.717, 1.165) is 25.2 Å². The molecule has 0 spiro atoms. The number of carbonyl (C=O) groups is 2. The molecule has 2 amide bonds. The first-order valence-corrected chi connectivity index (χ1v) is 11.6. The third kappa shape index (κ3) is 5.02. The highest BCUT2D eigenvalue weighted by Gasteiger charge is 2.43. The Morgan fingerprint density at radius 3 is 2.61 bits per heavy atom. The number of hydrogen-bond donors (Lipinski definition) is 1. The van der Waals surface area contributed by atoms with Gasteiger partial charge >= 0.3 is 0 Å². The van der Waals surface area contributed by atoms with Crippen molar-refractivity contribution in [3.05, 3.63) is 34.9 Å². The molecule has 2 fully saturated rings. The van der Waals surface area contributed by atoms with Gasteiger partial charge in [0.1, 0.15) is 11.4 Å². The van der Waals surface area contributed by atoms with Crippen LogP contribution in [0, 0.1) is 5.92 Å². The Hall–Kier alpha value is -1.24. The molecule has 0 radical (unpaired) electrons. The maximum absolute atomic E-state index is 13.0. The predicted octanol–water partition coefficient (Wildman–Crippen LogP) is 3.54.